The summed E-state index contributed by atoms with van der Waals surface area (Å²) in [7, 11) is 0. The van der Waals surface area contributed by atoms with Gasteiger partial charge in [0.15, 0.2) is 0 Å². The smallest absolute Gasteiger partial charge is 0.275 e. The molecule has 0 saturated heterocycles. The number of aryl methyl sites for hydroxylation is 1. The molecular weight excluding hydrogens is 276 g/mol. The Morgan fingerprint density at radius 1 is 1.30 bits per heavy atom. The number of benzene rings is 2. The van der Waals surface area contributed by atoms with Crippen LogP contribution in [0.1, 0.15) is 21.5 Å². The van der Waals surface area contributed by atoms with Crippen molar-refractivity contribution in [3.8, 4) is 5.75 Å². The molecule has 0 aliphatic heterocycles. The van der Waals surface area contributed by atoms with Crippen LogP contribution in [0.3, 0.4) is 0 Å². The maximum Gasteiger partial charge on any atom is 0.275 e. The summed E-state index contributed by atoms with van der Waals surface area (Å²) < 4.78 is 0. The molecule has 0 spiro atoms. The molecule has 0 bridgehead atoms. The number of hydrogen-bond donors (Lipinski definition) is 2. The molecule has 0 radical (unpaired) electrons. The van der Waals surface area contributed by atoms with Gasteiger partial charge in [0.05, 0.1) is 11.8 Å². The predicted octanol–water partition coefficient (Wildman–Crippen LogP) is 3.12. The van der Waals surface area contributed by atoms with E-state index in [0.717, 1.165) is 11.1 Å². The first kappa shape index (κ1) is 14.1. The molecule has 2 aromatic carbocycles. The molecule has 0 aromatic heterocycles. The van der Waals surface area contributed by atoms with Crippen LogP contribution in [-0.4, -0.2) is 17.2 Å². The minimum Gasteiger partial charge on any atom is -0.507 e. The molecule has 0 aliphatic carbocycles. The van der Waals surface area contributed by atoms with Crippen LogP contribution in [0.4, 0.5) is 0 Å². The fourth-order valence-electron chi connectivity index (χ4n) is 1.64. The molecule has 0 fully saturated rings. The maximum absolute atomic E-state index is 11.8. The second kappa shape index (κ2) is 6.21. The number of hydrazone groups is 1. The number of carbonyl (C=O) groups is 1. The fourth-order valence-corrected chi connectivity index (χ4v) is 1.81. The van der Waals surface area contributed by atoms with Gasteiger partial charge in [0.1, 0.15) is 5.75 Å². The number of phenolic OH excluding ortho intramolecular Hbond substituents is 1. The first-order valence-corrected chi connectivity index (χ1v) is 6.33. The lowest BCUT2D eigenvalue weighted by Crippen LogP contribution is -2.17. The molecule has 5 heteroatoms. The van der Waals surface area contributed by atoms with Crippen molar-refractivity contribution >= 4 is 23.7 Å². The minimum atomic E-state index is -0.519. The van der Waals surface area contributed by atoms with E-state index in [1.807, 2.05) is 31.2 Å². The number of nitrogens with zero attached hydrogens (tertiary/aromatic N) is 1. The molecular formula is C15H13ClN2O2. The van der Waals surface area contributed by atoms with Gasteiger partial charge in [-0.2, -0.15) is 5.10 Å². The van der Waals surface area contributed by atoms with Crippen LogP contribution in [0.5, 0.6) is 5.75 Å². The maximum atomic E-state index is 11.8. The van der Waals surface area contributed by atoms with Crippen molar-refractivity contribution in [2.24, 2.45) is 5.10 Å². The van der Waals surface area contributed by atoms with Gasteiger partial charge in [0.25, 0.3) is 5.91 Å². The van der Waals surface area contributed by atoms with Crippen molar-refractivity contribution in [3.63, 3.8) is 0 Å². The van der Waals surface area contributed by atoms with Crippen LogP contribution in [0.2, 0.25) is 5.02 Å². The van der Waals surface area contributed by atoms with E-state index in [1.165, 1.54) is 18.2 Å². The highest BCUT2D eigenvalue weighted by Crippen LogP contribution is 2.21. The summed E-state index contributed by atoms with van der Waals surface area (Å²) >= 11 is 5.78. The average Bonchev–Trinajstić information content (AvgIpc) is 2.43. The number of halogens is 1. The minimum absolute atomic E-state index is 0.0828. The van der Waals surface area contributed by atoms with Gasteiger partial charge in [-0.25, -0.2) is 5.43 Å². The first-order valence-electron chi connectivity index (χ1n) is 5.95. The highest BCUT2D eigenvalue weighted by atomic mass is 35.5. The topological polar surface area (TPSA) is 61.7 Å². The summed E-state index contributed by atoms with van der Waals surface area (Å²) in [6.07, 6.45) is 1.55. The third kappa shape index (κ3) is 3.36. The monoisotopic (exact) mass is 288 g/mol. The van der Waals surface area contributed by atoms with Gasteiger partial charge in [-0.3, -0.25) is 4.79 Å². The summed E-state index contributed by atoms with van der Waals surface area (Å²) in [6.45, 7) is 1.95. The Labute approximate surface area is 121 Å². The van der Waals surface area contributed by atoms with Crippen molar-refractivity contribution in [3.05, 3.63) is 64.2 Å². The molecule has 0 atom stereocenters. The number of amides is 1. The lowest BCUT2D eigenvalue weighted by atomic mass is 10.1. The molecule has 102 valence electrons. The van der Waals surface area contributed by atoms with Gasteiger partial charge in [-0.15, -0.1) is 0 Å². The Bertz CT molecular complexity index is 669. The predicted molar refractivity (Wildman–Crippen MR) is 79.4 cm³/mol. The number of phenols is 1. The molecule has 1 amide bonds. The zero-order chi connectivity index (χ0) is 14.5. The lowest BCUT2D eigenvalue weighted by Gasteiger charge is -2.03. The SMILES string of the molecule is Cc1ccccc1/C=N\NC(=O)c1cc(Cl)ccc1O. The summed E-state index contributed by atoms with van der Waals surface area (Å²) in [5, 5.41) is 13.8. The largest absolute Gasteiger partial charge is 0.507 e. The van der Waals surface area contributed by atoms with E-state index in [1.54, 1.807) is 6.21 Å². The highest BCUT2D eigenvalue weighted by molar-refractivity contribution is 6.31. The Hall–Kier alpha value is -2.33. The van der Waals surface area contributed by atoms with E-state index < -0.39 is 5.91 Å². The highest BCUT2D eigenvalue weighted by Gasteiger charge is 2.10. The molecule has 0 unspecified atom stereocenters. The van der Waals surface area contributed by atoms with E-state index in [-0.39, 0.29) is 11.3 Å². The zero-order valence-corrected chi connectivity index (χ0v) is 11.6. The molecule has 0 saturated carbocycles. The quantitative estimate of drug-likeness (QED) is 0.673. The van der Waals surface area contributed by atoms with E-state index in [9.17, 15) is 9.90 Å². The number of rotatable bonds is 3. The van der Waals surface area contributed by atoms with Crippen LogP contribution in [-0.2, 0) is 0 Å². The van der Waals surface area contributed by atoms with Gasteiger partial charge in [0.2, 0.25) is 0 Å². The number of aromatic hydroxyl groups is 1. The van der Waals surface area contributed by atoms with E-state index in [4.69, 9.17) is 11.6 Å². The van der Waals surface area contributed by atoms with E-state index >= 15 is 0 Å². The standard InChI is InChI=1S/C15H13ClN2O2/c1-10-4-2-3-5-11(10)9-17-18-15(20)13-8-12(16)6-7-14(13)19/h2-9,19H,1H3,(H,18,20)/b17-9-. The average molecular weight is 289 g/mol. The third-order valence-electron chi connectivity index (χ3n) is 2.76. The third-order valence-corrected chi connectivity index (χ3v) is 3.00. The summed E-state index contributed by atoms with van der Waals surface area (Å²) in [6, 6.07) is 11.9. The molecule has 4 nitrogen and oxygen atoms in total. The zero-order valence-electron chi connectivity index (χ0n) is 10.8. The molecule has 2 aromatic rings. The van der Waals surface area contributed by atoms with Crippen LogP contribution in [0.25, 0.3) is 0 Å². The molecule has 20 heavy (non-hydrogen) atoms. The van der Waals surface area contributed by atoms with E-state index in [0.29, 0.717) is 5.02 Å². The van der Waals surface area contributed by atoms with Crippen LogP contribution < -0.4 is 5.43 Å². The second-order valence-electron chi connectivity index (χ2n) is 4.22. The van der Waals surface area contributed by atoms with Crippen LogP contribution >= 0.6 is 11.6 Å². The van der Waals surface area contributed by atoms with Gasteiger partial charge >= 0.3 is 0 Å². The van der Waals surface area contributed by atoms with Gasteiger partial charge in [-0.1, -0.05) is 35.9 Å². The summed E-state index contributed by atoms with van der Waals surface area (Å²) in [4.78, 5) is 11.8. The summed E-state index contributed by atoms with van der Waals surface area (Å²) in [5.74, 6) is -0.659. The lowest BCUT2D eigenvalue weighted by molar-refractivity contribution is 0.0952. The van der Waals surface area contributed by atoms with Crippen molar-refractivity contribution in [1.82, 2.24) is 5.43 Å². The Morgan fingerprint density at radius 3 is 2.80 bits per heavy atom. The Kier molecular flexibility index (Phi) is 4.38. The van der Waals surface area contributed by atoms with Gasteiger partial charge < -0.3 is 5.11 Å². The molecule has 0 aliphatic rings. The summed E-state index contributed by atoms with van der Waals surface area (Å²) in [5.41, 5.74) is 4.39. The molecule has 0 heterocycles. The van der Waals surface area contributed by atoms with E-state index in [2.05, 4.69) is 10.5 Å². The Balaban J connectivity index is 2.09. The normalized spacial score (nSPS) is 10.7. The molecule has 2 N–H and O–H groups in total. The van der Waals surface area contributed by atoms with Crippen LogP contribution in [0, 0.1) is 6.92 Å². The van der Waals surface area contributed by atoms with Crippen molar-refractivity contribution in [1.29, 1.82) is 0 Å². The first-order chi connectivity index (χ1) is 9.58. The van der Waals surface area contributed by atoms with Crippen molar-refractivity contribution in [2.45, 2.75) is 6.92 Å². The van der Waals surface area contributed by atoms with Gasteiger partial charge in [-0.05, 0) is 36.2 Å². The Morgan fingerprint density at radius 2 is 2.05 bits per heavy atom. The second-order valence-corrected chi connectivity index (χ2v) is 4.65. The van der Waals surface area contributed by atoms with Crippen molar-refractivity contribution < 1.29 is 9.90 Å². The van der Waals surface area contributed by atoms with Gasteiger partial charge in [0, 0.05) is 5.02 Å². The fraction of sp³-hybridized carbons (Fsp3) is 0.0667. The molecule has 2 rings (SSSR count). The van der Waals surface area contributed by atoms with Crippen molar-refractivity contribution in [2.75, 3.05) is 0 Å². The number of nitrogens with one attached hydrogen (secondary N) is 1. The number of hydrogen-bond acceptors (Lipinski definition) is 3. The number of carbonyl (C=O) groups excluding carboxylic acids is 1. The van der Waals surface area contributed by atoms with Crippen LogP contribution in [0.15, 0.2) is 47.6 Å².